The Morgan fingerprint density at radius 2 is 2.05 bits per heavy atom. The molecule has 0 saturated carbocycles. The summed E-state index contributed by atoms with van der Waals surface area (Å²) in [7, 11) is 0. The molecule has 0 aromatic carbocycles. The van der Waals surface area contributed by atoms with E-state index in [1.54, 1.807) is 0 Å². The molecule has 0 saturated heterocycles. The number of hydrogen-bond acceptors (Lipinski definition) is 5. The number of hydrogen-bond donors (Lipinski definition) is 1. The van der Waals surface area contributed by atoms with E-state index < -0.39 is 17.8 Å². The highest BCUT2D eigenvalue weighted by Crippen LogP contribution is 2.06. The minimum Gasteiger partial charge on any atom is -0.449 e. The lowest BCUT2D eigenvalue weighted by Gasteiger charge is -2.19. The van der Waals surface area contributed by atoms with Crippen LogP contribution in [0.2, 0.25) is 0 Å². The van der Waals surface area contributed by atoms with Crippen molar-refractivity contribution in [1.82, 2.24) is 14.9 Å². The summed E-state index contributed by atoms with van der Waals surface area (Å²) in [6, 6.07) is 0. The van der Waals surface area contributed by atoms with Gasteiger partial charge in [-0.15, -0.1) is 0 Å². The van der Waals surface area contributed by atoms with Crippen molar-refractivity contribution >= 4 is 12.2 Å². The van der Waals surface area contributed by atoms with E-state index in [1.165, 1.54) is 23.3 Å². The third-order valence-corrected chi connectivity index (χ3v) is 2.18. The standard InChI is InChI=1S/C13H21N3O4/c1-13(2,3)20-11(17)15-6-4-5-9-19-12(18)16-8-7-14-10-16/h7-8,10H,4-6,9H2,1-3H3,(H,15,17). The molecule has 20 heavy (non-hydrogen) atoms. The zero-order valence-electron chi connectivity index (χ0n) is 12.1. The van der Waals surface area contributed by atoms with Crippen molar-refractivity contribution in [1.29, 1.82) is 0 Å². The summed E-state index contributed by atoms with van der Waals surface area (Å²) in [6.07, 6.45) is 4.88. The van der Waals surface area contributed by atoms with E-state index in [-0.39, 0.29) is 0 Å². The summed E-state index contributed by atoms with van der Waals surface area (Å²) in [5.41, 5.74) is -0.496. The minimum atomic E-state index is -0.496. The third kappa shape index (κ3) is 6.77. The summed E-state index contributed by atoms with van der Waals surface area (Å²) in [6.45, 7) is 6.21. The fourth-order valence-electron chi connectivity index (χ4n) is 1.33. The Bertz CT molecular complexity index is 423. The van der Waals surface area contributed by atoms with Gasteiger partial charge in [-0.1, -0.05) is 0 Å². The van der Waals surface area contributed by atoms with Crippen molar-refractivity contribution in [2.45, 2.75) is 39.2 Å². The highest BCUT2D eigenvalue weighted by atomic mass is 16.6. The van der Waals surface area contributed by atoms with Crippen molar-refractivity contribution in [3.8, 4) is 0 Å². The lowest BCUT2D eigenvalue weighted by molar-refractivity contribution is 0.0525. The molecule has 7 heteroatoms. The monoisotopic (exact) mass is 283 g/mol. The second-order valence-electron chi connectivity index (χ2n) is 5.22. The summed E-state index contributed by atoms with van der Waals surface area (Å²) in [5, 5.41) is 2.64. The van der Waals surface area contributed by atoms with Gasteiger partial charge in [-0.3, -0.25) is 0 Å². The molecule has 0 radical (unpaired) electrons. The van der Waals surface area contributed by atoms with E-state index in [2.05, 4.69) is 10.3 Å². The second kappa shape index (κ2) is 7.52. The van der Waals surface area contributed by atoms with Gasteiger partial charge in [-0.2, -0.15) is 0 Å². The molecule has 1 heterocycles. The summed E-state index contributed by atoms with van der Waals surface area (Å²) in [5.74, 6) is 0. The van der Waals surface area contributed by atoms with E-state index >= 15 is 0 Å². The molecular weight excluding hydrogens is 262 g/mol. The van der Waals surface area contributed by atoms with Crippen LogP contribution in [0.3, 0.4) is 0 Å². The smallest absolute Gasteiger partial charge is 0.419 e. The lowest BCUT2D eigenvalue weighted by Crippen LogP contribution is -2.33. The number of rotatable bonds is 5. The minimum absolute atomic E-state index is 0.299. The maximum atomic E-state index is 11.4. The predicted octanol–water partition coefficient (Wildman–Crippen LogP) is 2.17. The number of carbonyl (C=O) groups is 2. The molecule has 112 valence electrons. The van der Waals surface area contributed by atoms with Gasteiger partial charge in [-0.05, 0) is 33.6 Å². The van der Waals surface area contributed by atoms with Gasteiger partial charge in [0, 0.05) is 18.9 Å². The third-order valence-electron chi connectivity index (χ3n) is 2.18. The first-order valence-corrected chi connectivity index (χ1v) is 6.50. The second-order valence-corrected chi connectivity index (χ2v) is 5.22. The molecule has 0 aliphatic heterocycles. The van der Waals surface area contributed by atoms with E-state index in [0.717, 1.165) is 0 Å². The number of alkyl carbamates (subject to hydrolysis) is 1. The summed E-state index contributed by atoms with van der Waals surface area (Å²) in [4.78, 5) is 26.5. The molecule has 1 aromatic rings. The maximum absolute atomic E-state index is 11.4. The van der Waals surface area contributed by atoms with Crippen LogP contribution >= 0.6 is 0 Å². The summed E-state index contributed by atoms with van der Waals surface area (Å²) < 4.78 is 11.4. The van der Waals surface area contributed by atoms with Crippen LogP contribution in [0.5, 0.6) is 0 Å². The molecule has 1 aromatic heterocycles. The van der Waals surface area contributed by atoms with Gasteiger partial charge < -0.3 is 14.8 Å². The molecule has 0 spiro atoms. The SMILES string of the molecule is CC(C)(C)OC(=O)NCCCCOC(=O)n1ccnc1. The molecular formula is C13H21N3O4. The van der Waals surface area contributed by atoms with Crippen molar-refractivity contribution < 1.29 is 19.1 Å². The van der Waals surface area contributed by atoms with Gasteiger partial charge >= 0.3 is 12.2 Å². The van der Waals surface area contributed by atoms with E-state index in [0.29, 0.717) is 26.0 Å². The Kier molecular flexibility index (Phi) is 6.02. The number of imidazole rings is 1. The number of nitrogens with zero attached hydrogens (tertiary/aromatic N) is 2. The highest BCUT2D eigenvalue weighted by molar-refractivity contribution is 5.69. The zero-order chi connectivity index (χ0) is 15.0. The quantitative estimate of drug-likeness (QED) is 0.837. The van der Waals surface area contributed by atoms with Crippen LogP contribution in [0.4, 0.5) is 9.59 Å². The fourth-order valence-corrected chi connectivity index (χ4v) is 1.33. The molecule has 0 bridgehead atoms. The van der Waals surface area contributed by atoms with Crippen LogP contribution in [0.1, 0.15) is 33.6 Å². The Balaban J connectivity index is 2.03. The van der Waals surface area contributed by atoms with Gasteiger partial charge in [0.2, 0.25) is 0 Å². The van der Waals surface area contributed by atoms with Gasteiger partial charge in [0.1, 0.15) is 11.9 Å². The molecule has 0 fully saturated rings. The first-order chi connectivity index (χ1) is 9.38. The van der Waals surface area contributed by atoms with E-state index in [1.807, 2.05) is 20.8 Å². The number of ether oxygens (including phenoxy) is 2. The molecule has 0 unspecified atom stereocenters. The molecule has 0 aliphatic rings. The molecule has 7 nitrogen and oxygen atoms in total. The van der Waals surface area contributed by atoms with Crippen molar-refractivity contribution in [3.05, 3.63) is 18.7 Å². The van der Waals surface area contributed by atoms with Gasteiger partial charge in [0.25, 0.3) is 0 Å². The molecule has 1 rings (SSSR count). The highest BCUT2D eigenvalue weighted by Gasteiger charge is 2.15. The molecule has 1 N–H and O–H groups in total. The Morgan fingerprint density at radius 1 is 1.30 bits per heavy atom. The normalized spacial score (nSPS) is 10.9. The van der Waals surface area contributed by atoms with Crippen molar-refractivity contribution in [3.63, 3.8) is 0 Å². The van der Waals surface area contributed by atoms with E-state index in [9.17, 15) is 9.59 Å². The summed E-state index contributed by atoms with van der Waals surface area (Å²) >= 11 is 0. The Morgan fingerprint density at radius 3 is 2.65 bits per heavy atom. The van der Waals surface area contributed by atoms with Gasteiger partial charge in [0.05, 0.1) is 6.61 Å². The molecule has 0 aliphatic carbocycles. The van der Waals surface area contributed by atoms with Crippen LogP contribution in [0.15, 0.2) is 18.7 Å². The van der Waals surface area contributed by atoms with Crippen LogP contribution in [-0.2, 0) is 9.47 Å². The van der Waals surface area contributed by atoms with Crippen LogP contribution in [-0.4, -0.2) is 40.5 Å². The van der Waals surface area contributed by atoms with Crippen molar-refractivity contribution in [2.24, 2.45) is 0 Å². The maximum Gasteiger partial charge on any atom is 0.419 e. The first-order valence-electron chi connectivity index (χ1n) is 6.50. The Labute approximate surface area is 118 Å². The van der Waals surface area contributed by atoms with Crippen molar-refractivity contribution in [2.75, 3.05) is 13.2 Å². The molecule has 1 amide bonds. The Hall–Kier alpha value is -2.05. The zero-order valence-corrected chi connectivity index (χ0v) is 12.1. The average molecular weight is 283 g/mol. The number of amides is 1. The number of unbranched alkanes of at least 4 members (excludes halogenated alkanes) is 1. The lowest BCUT2D eigenvalue weighted by atomic mass is 10.2. The van der Waals surface area contributed by atoms with Gasteiger partial charge in [0.15, 0.2) is 0 Å². The van der Waals surface area contributed by atoms with E-state index in [4.69, 9.17) is 9.47 Å². The number of carbonyl (C=O) groups excluding carboxylic acids is 2. The van der Waals surface area contributed by atoms with Crippen LogP contribution in [0, 0.1) is 0 Å². The number of nitrogens with one attached hydrogen (secondary N) is 1. The van der Waals surface area contributed by atoms with Crippen LogP contribution in [0.25, 0.3) is 0 Å². The molecule has 0 atom stereocenters. The topological polar surface area (TPSA) is 82.5 Å². The van der Waals surface area contributed by atoms with Crippen LogP contribution < -0.4 is 5.32 Å². The average Bonchev–Trinajstić information content (AvgIpc) is 2.84. The predicted molar refractivity (Wildman–Crippen MR) is 72.4 cm³/mol. The number of aromatic nitrogens is 2. The first kappa shape index (κ1) is 16.0. The van der Waals surface area contributed by atoms with Gasteiger partial charge in [-0.25, -0.2) is 19.1 Å². The fraction of sp³-hybridized carbons (Fsp3) is 0.615. The largest absolute Gasteiger partial charge is 0.449 e.